The molecule has 1 aromatic carbocycles. The molecule has 1 aliphatic rings. The first-order valence-electron chi connectivity index (χ1n) is 6.44. The van der Waals surface area contributed by atoms with E-state index in [1.807, 2.05) is 0 Å². The zero-order chi connectivity index (χ0) is 13.5. The van der Waals surface area contributed by atoms with Crippen molar-refractivity contribution in [2.45, 2.75) is 38.1 Å². The smallest absolute Gasteiger partial charge is 0.0511 e. The second-order valence-corrected chi connectivity index (χ2v) is 6.27. The zero-order valence-electron chi connectivity index (χ0n) is 11.1. The van der Waals surface area contributed by atoms with Crippen LogP contribution in [0, 0.1) is 0 Å². The minimum absolute atomic E-state index is 0.714. The third-order valence-electron chi connectivity index (χ3n) is 3.41. The molecule has 0 unspecified atom stereocenters. The number of nitrogens with two attached hydrogens (primary N) is 1. The van der Waals surface area contributed by atoms with E-state index in [2.05, 4.69) is 67.7 Å². The Labute approximate surface area is 127 Å². The molecule has 4 heteroatoms. The molecule has 2 rings (SSSR count). The average Bonchev–Trinajstić information content (AvgIpc) is 2.41. The van der Waals surface area contributed by atoms with Gasteiger partial charge in [0.05, 0.1) is 5.69 Å². The summed E-state index contributed by atoms with van der Waals surface area (Å²) >= 11 is 7.14. The lowest BCUT2D eigenvalue weighted by atomic mass is 9.94. The van der Waals surface area contributed by atoms with Crippen molar-refractivity contribution in [2.75, 3.05) is 19.0 Å². The number of halogens is 2. The summed E-state index contributed by atoms with van der Waals surface area (Å²) in [6.07, 6.45) is 6.83. The molecule has 1 aliphatic carbocycles. The minimum Gasteiger partial charge on any atom is -0.371 e. The molecule has 1 fully saturated rings. The fourth-order valence-electron chi connectivity index (χ4n) is 2.43. The standard InChI is InChI=1S/C13H17Br2N.CH5N/c1-16(11-5-3-2-4-6-11)13-8-7-10(14)9-12(13)15;1-2/h7-9,11H,2-6H2,1H3;2H2,1H3. The molecule has 102 valence electrons. The monoisotopic (exact) mass is 376 g/mol. The Morgan fingerprint density at radius 3 is 2.28 bits per heavy atom. The van der Waals surface area contributed by atoms with E-state index in [1.54, 1.807) is 0 Å². The van der Waals surface area contributed by atoms with Crippen LogP contribution in [0.4, 0.5) is 5.69 Å². The molecule has 0 bridgehead atoms. The Hall–Kier alpha value is -0.0600. The van der Waals surface area contributed by atoms with Gasteiger partial charge in [-0.25, -0.2) is 0 Å². The van der Waals surface area contributed by atoms with Crippen LogP contribution in [0.3, 0.4) is 0 Å². The third kappa shape index (κ3) is 4.25. The van der Waals surface area contributed by atoms with Crippen LogP contribution in [-0.4, -0.2) is 20.1 Å². The maximum atomic E-state index is 4.50. The zero-order valence-corrected chi connectivity index (χ0v) is 14.3. The van der Waals surface area contributed by atoms with Crippen LogP contribution in [0.15, 0.2) is 27.1 Å². The molecule has 0 heterocycles. The summed E-state index contributed by atoms with van der Waals surface area (Å²) in [4.78, 5) is 2.43. The lowest BCUT2D eigenvalue weighted by molar-refractivity contribution is 0.427. The number of rotatable bonds is 2. The van der Waals surface area contributed by atoms with Gasteiger partial charge >= 0.3 is 0 Å². The van der Waals surface area contributed by atoms with E-state index in [9.17, 15) is 0 Å². The van der Waals surface area contributed by atoms with Crippen LogP contribution in [0.2, 0.25) is 0 Å². The summed E-state index contributed by atoms with van der Waals surface area (Å²) < 4.78 is 2.30. The second kappa shape index (κ2) is 8.18. The molecule has 1 saturated carbocycles. The number of hydrogen-bond acceptors (Lipinski definition) is 2. The second-order valence-electron chi connectivity index (χ2n) is 4.50. The highest BCUT2D eigenvalue weighted by Crippen LogP contribution is 2.32. The van der Waals surface area contributed by atoms with E-state index >= 15 is 0 Å². The van der Waals surface area contributed by atoms with Gasteiger partial charge in [0.15, 0.2) is 0 Å². The molecule has 0 aromatic heterocycles. The first-order valence-corrected chi connectivity index (χ1v) is 8.02. The minimum atomic E-state index is 0.714. The molecule has 2 nitrogen and oxygen atoms in total. The van der Waals surface area contributed by atoms with Crippen molar-refractivity contribution in [2.24, 2.45) is 5.73 Å². The highest BCUT2D eigenvalue weighted by atomic mass is 79.9. The predicted octanol–water partition coefficient (Wildman–Crippen LogP) is 4.56. The van der Waals surface area contributed by atoms with E-state index in [0.717, 1.165) is 4.47 Å². The van der Waals surface area contributed by atoms with Crippen molar-refractivity contribution >= 4 is 37.5 Å². The van der Waals surface area contributed by atoms with E-state index in [-0.39, 0.29) is 0 Å². The van der Waals surface area contributed by atoms with E-state index in [0.29, 0.717) is 6.04 Å². The lowest BCUT2D eigenvalue weighted by Crippen LogP contribution is -2.33. The molecular weight excluding hydrogens is 356 g/mol. The maximum absolute atomic E-state index is 4.50. The summed E-state index contributed by atoms with van der Waals surface area (Å²) in [7, 11) is 3.71. The Morgan fingerprint density at radius 1 is 1.11 bits per heavy atom. The highest BCUT2D eigenvalue weighted by molar-refractivity contribution is 9.11. The lowest BCUT2D eigenvalue weighted by Gasteiger charge is -2.33. The molecule has 0 amide bonds. The van der Waals surface area contributed by atoms with Gasteiger partial charge in [0.25, 0.3) is 0 Å². The summed E-state index contributed by atoms with van der Waals surface area (Å²) in [5.41, 5.74) is 5.80. The molecule has 0 spiro atoms. The van der Waals surface area contributed by atoms with E-state index in [4.69, 9.17) is 0 Å². The molecule has 0 aliphatic heterocycles. The van der Waals surface area contributed by atoms with Crippen molar-refractivity contribution in [3.63, 3.8) is 0 Å². The number of nitrogens with zero attached hydrogens (tertiary/aromatic N) is 1. The topological polar surface area (TPSA) is 29.3 Å². The molecule has 18 heavy (non-hydrogen) atoms. The number of hydrogen-bond donors (Lipinski definition) is 1. The normalized spacial score (nSPS) is 15.8. The van der Waals surface area contributed by atoms with Gasteiger partial charge in [-0.1, -0.05) is 35.2 Å². The van der Waals surface area contributed by atoms with Gasteiger partial charge in [0.2, 0.25) is 0 Å². The fourth-order valence-corrected chi connectivity index (χ4v) is 3.76. The number of benzene rings is 1. The highest BCUT2D eigenvalue weighted by Gasteiger charge is 2.19. The van der Waals surface area contributed by atoms with Crippen molar-refractivity contribution in [3.8, 4) is 0 Å². The summed E-state index contributed by atoms with van der Waals surface area (Å²) in [5.74, 6) is 0. The fraction of sp³-hybridized carbons (Fsp3) is 0.571. The van der Waals surface area contributed by atoms with Gasteiger partial charge in [-0.15, -0.1) is 0 Å². The van der Waals surface area contributed by atoms with Gasteiger partial charge in [0, 0.05) is 22.0 Å². The Bertz CT molecular complexity index is 363. The van der Waals surface area contributed by atoms with E-state index in [1.165, 1.54) is 49.3 Å². The largest absolute Gasteiger partial charge is 0.371 e. The third-order valence-corrected chi connectivity index (χ3v) is 4.54. The van der Waals surface area contributed by atoms with Crippen LogP contribution >= 0.6 is 31.9 Å². The quantitative estimate of drug-likeness (QED) is 0.818. The van der Waals surface area contributed by atoms with Crippen molar-refractivity contribution < 1.29 is 0 Å². The molecule has 1 aromatic rings. The summed E-state index contributed by atoms with van der Waals surface area (Å²) in [6, 6.07) is 7.13. The molecular formula is C14H22Br2N2. The Balaban J connectivity index is 0.000000771. The van der Waals surface area contributed by atoms with E-state index < -0.39 is 0 Å². The summed E-state index contributed by atoms with van der Waals surface area (Å²) in [5, 5.41) is 0. The van der Waals surface area contributed by atoms with Crippen LogP contribution in [0.5, 0.6) is 0 Å². The first kappa shape index (κ1) is 16.0. The predicted molar refractivity (Wildman–Crippen MR) is 87.2 cm³/mol. The van der Waals surface area contributed by atoms with Crippen molar-refractivity contribution in [1.29, 1.82) is 0 Å². The Morgan fingerprint density at radius 2 is 1.72 bits per heavy atom. The van der Waals surface area contributed by atoms with Gasteiger partial charge in [-0.3, -0.25) is 0 Å². The summed E-state index contributed by atoms with van der Waals surface area (Å²) in [6.45, 7) is 0. The average molecular weight is 378 g/mol. The van der Waals surface area contributed by atoms with Gasteiger partial charge in [-0.05, 0) is 54.0 Å². The van der Waals surface area contributed by atoms with Gasteiger partial charge < -0.3 is 10.6 Å². The Kier molecular flexibility index (Phi) is 7.27. The molecule has 0 saturated heterocycles. The molecule has 0 atom stereocenters. The number of anilines is 1. The van der Waals surface area contributed by atoms with Crippen LogP contribution in [0.25, 0.3) is 0 Å². The van der Waals surface area contributed by atoms with Crippen LogP contribution in [-0.2, 0) is 0 Å². The SMILES string of the molecule is CN.CN(c1ccc(Br)cc1Br)C1CCCCC1. The molecule has 0 radical (unpaired) electrons. The van der Waals surface area contributed by atoms with Crippen molar-refractivity contribution in [3.05, 3.63) is 27.1 Å². The van der Waals surface area contributed by atoms with Crippen LogP contribution in [0.1, 0.15) is 32.1 Å². The van der Waals surface area contributed by atoms with Gasteiger partial charge in [-0.2, -0.15) is 0 Å². The molecule has 2 N–H and O–H groups in total. The van der Waals surface area contributed by atoms with Gasteiger partial charge in [0.1, 0.15) is 0 Å². The first-order chi connectivity index (χ1) is 8.68. The van der Waals surface area contributed by atoms with Crippen LogP contribution < -0.4 is 10.6 Å². The van der Waals surface area contributed by atoms with Crippen molar-refractivity contribution in [1.82, 2.24) is 0 Å². The maximum Gasteiger partial charge on any atom is 0.0511 e.